The summed E-state index contributed by atoms with van der Waals surface area (Å²) in [6, 6.07) is 19.5. The molecule has 2 aromatic heterocycles. The van der Waals surface area contributed by atoms with Gasteiger partial charge in [0, 0.05) is 6.20 Å². The van der Waals surface area contributed by atoms with Crippen molar-refractivity contribution < 1.29 is 4.79 Å². The molecule has 5 nitrogen and oxygen atoms in total. The maximum absolute atomic E-state index is 13.0. The van der Waals surface area contributed by atoms with Gasteiger partial charge in [0.1, 0.15) is 0 Å². The average Bonchev–Trinajstić information content (AvgIpc) is 3.35. The Kier molecular flexibility index (Phi) is 4.57. The molecule has 0 aliphatic carbocycles. The van der Waals surface area contributed by atoms with Gasteiger partial charge in [-0.15, -0.1) is 0 Å². The monoisotopic (exact) mass is 360 g/mol. The molecule has 0 saturated heterocycles. The second-order valence-electron chi connectivity index (χ2n) is 5.74. The minimum Gasteiger partial charge on any atom is -0.344 e. The molecule has 4 aromatic rings. The van der Waals surface area contributed by atoms with Crippen molar-refractivity contribution in [2.75, 3.05) is 5.32 Å². The van der Waals surface area contributed by atoms with Crippen molar-refractivity contribution in [1.29, 1.82) is 0 Å². The highest BCUT2D eigenvalue weighted by atomic mass is 32.1. The third-order valence-electron chi connectivity index (χ3n) is 4.03. The van der Waals surface area contributed by atoms with Crippen LogP contribution in [-0.4, -0.2) is 20.9 Å². The number of hydrogen-bond donors (Lipinski definition) is 2. The molecule has 0 aliphatic rings. The number of aromatic nitrogens is 3. The molecule has 0 atom stereocenters. The van der Waals surface area contributed by atoms with E-state index in [0.717, 1.165) is 21.7 Å². The Labute approximate surface area is 154 Å². The van der Waals surface area contributed by atoms with Gasteiger partial charge in [0.25, 0.3) is 0 Å². The molecule has 2 aromatic carbocycles. The van der Waals surface area contributed by atoms with Crippen LogP contribution in [0.5, 0.6) is 0 Å². The maximum atomic E-state index is 13.0. The first-order valence-corrected chi connectivity index (χ1v) is 8.98. The van der Waals surface area contributed by atoms with Crippen LogP contribution in [0, 0.1) is 0 Å². The molecule has 4 rings (SSSR count). The van der Waals surface area contributed by atoms with Gasteiger partial charge in [-0.1, -0.05) is 72.0 Å². The van der Waals surface area contributed by atoms with E-state index in [9.17, 15) is 4.79 Å². The zero-order chi connectivity index (χ0) is 17.8. The average molecular weight is 360 g/mol. The van der Waals surface area contributed by atoms with Crippen molar-refractivity contribution in [1.82, 2.24) is 15.0 Å². The number of carbonyl (C=O) groups is 1. The van der Waals surface area contributed by atoms with E-state index in [2.05, 4.69) is 20.3 Å². The number of imidazole rings is 1. The highest BCUT2D eigenvalue weighted by molar-refractivity contribution is 7.19. The Hall–Kier alpha value is -3.25. The number of anilines is 1. The molecule has 0 radical (unpaired) electrons. The molecule has 0 aliphatic heterocycles. The number of hydrogen-bond acceptors (Lipinski definition) is 4. The fourth-order valence-corrected chi connectivity index (χ4v) is 3.60. The van der Waals surface area contributed by atoms with E-state index in [1.807, 2.05) is 60.7 Å². The van der Waals surface area contributed by atoms with Crippen molar-refractivity contribution in [3.05, 3.63) is 90.5 Å². The summed E-state index contributed by atoms with van der Waals surface area (Å²) in [5.41, 5.74) is 2.77. The van der Waals surface area contributed by atoms with Gasteiger partial charge in [-0.05, 0) is 11.1 Å². The predicted octanol–water partition coefficient (Wildman–Crippen LogP) is 4.30. The zero-order valence-corrected chi connectivity index (χ0v) is 14.6. The van der Waals surface area contributed by atoms with E-state index in [1.54, 1.807) is 18.7 Å². The lowest BCUT2D eigenvalue weighted by Gasteiger charge is -2.16. The number of rotatable bonds is 5. The number of thiazole rings is 1. The first-order valence-electron chi connectivity index (χ1n) is 8.16. The molecule has 0 unspecified atom stereocenters. The van der Waals surface area contributed by atoms with Crippen molar-refractivity contribution >= 4 is 22.4 Å². The molecular weight excluding hydrogens is 344 g/mol. The van der Waals surface area contributed by atoms with Crippen LogP contribution >= 0.6 is 11.3 Å². The van der Waals surface area contributed by atoms with Gasteiger partial charge in [-0.25, -0.2) is 9.97 Å². The highest BCUT2D eigenvalue weighted by Gasteiger charge is 2.23. The van der Waals surface area contributed by atoms with E-state index >= 15 is 0 Å². The summed E-state index contributed by atoms with van der Waals surface area (Å²) in [4.78, 5) is 25.3. The fourth-order valence-electron chi connectivity index (χ4n) is 2.81. The third-order valence-corrected chi connectivity index (χ3v) is 4.97. The van der Waals surface area contributed by atoms with Gasteiger partial charge in [0.15, 0.2) is 5.13 Å². The SMILES string of the molecule is O=C(Nc1ncc(-c2cnc[nH]2)s1)C(c1ccccc1)c1ccccc1. The van der Waals surface area contributed by atoms with E-state index in [4.69, 9.17) is 0 Å². The predicted molar refractivity (Wildman–Crippen MR) is 103 cm³/mol. The number of H-pyrrole nitrogens is 1. The van der Waals surface area contributed by atoms with Gasteiger partial charge < -0.3 is 10.3 Å². The number of nitrogens with zero attached hydrogens (tertiary/aromatic N) is 2. The van der Waals surface area contributed by atoms with Crippen LogP contribution in [0.1, 0.15) is 17.0 Å². The largest absolute Gasteiger partial charge is 0.344 e. The topological polar surface area (TPSA) is 70.7 Å². The standard InChI is InChI=1S/C20H16N4OS/c25-19(24-20-22-12-17(26-20)16-11-21-13-23-16)18(14-7-3-1-4-8-14)15-9-5-2-6-10-15/h1-13,18H,(H,21,23)(H,22,24,25). The molecule has 6 heteroatoms. The van der Waals surface area contributed by atoms with Crippen molar-refractivity contribution in [2.45, 2.75) is 5.92 Å². The lowest BCUT2D eigenvalue weighted by atomic mass is 9.90. The van der Waals surface area contributed by atoms with Crippen molar-refractivity contribution in [2.24, 2.45) is 0 Å². The van der Waals surface area contributed by atoms with Crippen LogP contribution in [0.15, 0.2) is 79.4 Å². The number of carbonyl (C=O) groups excluding carboxylic acids is 1. The summed E-state index contributed by atoms with van der Waals surface area (Å²) in [7, 11) is 0. The van der Waals surface area contributed by atoms with Gasteiger partial charge in [0.2, 0.25) is 5.91 Å². The molecule has 2 N–H and O–H groups in total. The van der Waals surface area contributed by atoms with Crippen LogP contribution in [0.3, 0.4) is 0 Å². The Balaban J connectivity index is 1.61. The number of nitrogens with one attached hydrogen (secondary N) is 2. The second kappa shape index (κ2) is 7.33. The van der Waals surface area contributed by atoms with Crippen LogP contribution in [0.2, 0.25) is 0 Å². The first kappa shape index (κ1) is 16.2. The summed E-state index contributed by atoms with van der Waals surface area (Å²) < 4.78 is 0. The normalized spacial score (nSPS) is 10.8. The third kappa shape index (κ3) is 3.41. The fraction of sp³-hybridized carbons (Fsp3) is 0.0500. The van der Waals surface area contributed by atoms with Gasteiger partial charge in [0.05, 0.1) is 29.0 Å². The number of amides is 1. The van der Waals surface area contributed by atoms with E-state index in [-0.39, 0.29) is 5.91 Å². The molecule has 0 fully saturated rings. The van der Waals surface area contributed by atoms with Gasteiger partial charge >= 0.3 is 0 Å². The Bertz CT molecular complexity index is 942. The maximum Gasteiger partial charge on any atom is 0.238 e. The minimum absolute atomic E-state index is 0.104. The molecule has 0 saturated carbocycles. The van der Waals surface area contributed by atoms with Crippen LogP contribution in [0.4, 0.5) is 5.13 Å². The Morgan fingerprint density at radius 3 is 2.19 bits per heavy atom. The molecule has 128 valence electrons. The smallest absolute Gasteiger partial charge is 0.238 e. The Morgan fingerprint density at radius 2 is 1.62 bits per heavy atom. The summed E-state index contributed by atoms with van der Waals surface area (Å²) in [5, 5.41) is 3.52. The molecule has 2 heterocycles. The number of benzene rings is 2. The quantitative estimate of drug-likeness (QED) is 0.557. The molecule has 1 amide bonds. The second-order valence-corrected chi connectivity index (χ2v) is 6.77. The van der Waals surface area contributed by atoms with Crippen LogP contribution in [0.25, 0.3) is 10.6 Å². The summed E-state index contributed by atoms with van der Waals surface area (Å²) >= 11 is 1.41. The van der Waals surface area contributed by atoms with Crippen molar-refractivity contribution in [3.63, 3.8) is 0 Å². The lowest BCUT2D eigenvalue weighted by molar-refractivity contribution is -0.116. The number of aromatic amines is 1. The minimum atomic E-state index is -0.392. The lowest BCUT2D eigenvalue weighted by Crippen LogP contribution is -2.22. The first-order chi connectivity index (χ1) is 12.8. The summed E-state index contributed by atoms with van der Waals surface area (Å²) in [6.45, 7) is 0. The molecule has 0 spiro atoms. The van der Waals surface area contributed by atoms with E-state index in [1.165, 1.54) is 11.3 Å². The van der Waals surface area contributed by atoms with E-state index < -0.39 is 5.92 Å². The summed E-state index contributed by atoms with van der Waals surface area (Å²) in [6.07, 6.45) is 5.08. The van der Waals surface area contributed by atoms with Crippen LogP contribution in [-0.2, 0) is 4.79 Å². The highest BCUT2D eigenvalue weighted by Crippen LogP contribution is 2.30. The van der Waals surface area contributed by atoms with Gasteiger partial charge in [-0.2, -0.15) is 0 Å². The Morgan fingerprint density at radius 1 is 0.962 bits per heavy atom. The summed E-state index contributed by atoms with van der Waals surface area (Å²) in [5.74, 6) is -0.496. The molecular formula is C20H16N4OS. The van der Waals surface area contributed by atoms with Crippen LogP contribution < -0.4 is 5.32 Å². The van der Waals surface area contributed by atoms with Crippen molar-refractivity contribution in [3.8, 4) is 10.6 Å². The van der Waals surface area contributed by atoms with E-state index in [0.29, 0.717) is 5.13 Å². The molecule has 26 heavy (non-hydrogen) atoms. The zero-order valence-electron chi connectivity index (χ0n) is 13.8. The molecule has 0 bridgehead atoms. The van der Waals surface area contributed by atoms with Gasteiger partial charge in [-0.3, -0.25) is 4.79 Å².